The summed E-state index contributed by atoms with van der Waals surface area (Å²) in [5, 5.41) is 2.19. The van der Waals surface area contributed by atoms with Crippen LogP contribution >= 0.6 is 0 Å². The van der Waals surface area contributed by atoms with E-state index in [-0.39, 0.29) is 29.9 Å². The molecule has 5 aromatic rings. The predicted octanol–water partition coefficient (Wildman–Crippen LogP) is 2.36. The molecular formula is C28H25IN2O2. The number of hydrogen-bond donors (Lipinski definition) is 0. The number of halogens is 1. The Morgan fingerprint density at radius 1 is 0.818 bits per heavy atom. The number of para-hydroxylation sites is 1. The number of esters is 1. The molecule has 0 amide bonds. The van der Waals surface area contributed by atoms with Gasteiger partial charge < -0.3 is 33.3 Å². The quantitative estimate of drug-likeness (QED) is 0.186. The van der Waals surface area contributed by atoms with Crippen molar-refractivity contribution in [3.63, 3.8) is 0 Å². The molecule has 0 aliphatic carbocycles. The predicted molar refractivity (Wildman–Crippen MR) is 127 cm³/mol. The number of fused-ring (bicyclic) bond motifs is 3. The highest BCUT2D eigenvalue weighted by Gasteiger charge is 2.25. The third-order valence-corrected chi connectivity index (χ3v) is 5.78. The number of rotatable bonds is 6. The summed E-state index contributed by atoms with van der Waals surface area (Å²) < 4.78 is 9.74. The highest BCUT2D eigenvalue weighted by Crippen LogP contribution is 2.29. The number of ether oxygens (including phenoxy) is 1. The van der Waals surface area contributed by atoms with Crippen molar-refractivity contribution in [2.75, 3.05) is 6.61 Å². The minimum atomic E-state index is -0.301. The van der Waals surface area contributed by atoms with Crippen LogP contribution in [-0.4, -0.2) is 17.1 Å². The third kappa shape index (κ3) is 4.64. The van der Waals surface area contributed by atoms with Gasteiger partial charge in [0.25, 0.3) is 5.69 Å². The maximum absolute atomic E-state index is 12.9. The second-order valence-corrected chi connectivity index (χ2v) is 7.88. The van der Waals surface area contributed by atoms with Crippen LogP contribution in [0.2, 0.25) is 0 Å². The Bertz CT molecular complexity index is 1400. The van der Waals surface area contributed by atoms with Crippen molar-refractivity contribution in [1.82, 2.24) is 4.57 Å². The molecule has 166 valence electrons. The van der Waals surface area contributed by atoms with Crippen LogP contribution in [0.5, 0.6) is 0 Å². The summed E-state index contributed by atoms with van der Waals surface area (Å²) in [4.78, 5) is 12.9. The van der Waals surface area contributed by atoms with E-state index in [1.807, 2.05) is 47.9 Å². The van der Waals surface area contributed by atoms with Gasteiger partial charge in [0.2, 0.25) is 0 Å². The lowest BCUT2D eigenvalue weighted by Gasteiger charge is -2.09. The van der Waals surface area contributed by atoms with Gasteiger partial charge in [0, 0.05) is 34.5 Å². The number of nitrogens with zero attached hydrogens (tertiary/aromatic N) is 2. The van der Waals surface area contributed by atoms with Gasteiger partial charge >= 0.3 is 5.97 Å². The summed E-state index contributed by atoms with van der Waals surface area (Å²) in [6, 6.07) is 31.0. The Morgan fingerprint density at radius 3 is 2.15 bits per heavy atom. The molecule has 0 spiro atoms. The molecule has 0 saturated heterocycles. The minimum Gasteiger partial charge on any atom is -1.00 e. The summed E-state index contributed by atoms with van der Waals surface area (Å²) in [6.45, 7) is 3.54. The van der Waals surface area contributed by atoms with E-state index in [4.69, 9.17) is 4.74 Å². The van der Waals surface area contributed by atoms with E-state index in [0.717, 1.165) is 33.9 Å². The van der Waals surface area contributed by atoms with Crippen molar-refractivity contribution in [1.29, 1.82) is 0 Å². The standard InChI is InChI=1S/C28H25N2O2.HI/c1-2-32-28(31)26-17-24-23-15-9-10-16-25(23)30(19-22-13-7-4-8-14-22)27(24)20-29(26)18-21-11-5-3-6-12-21;/h3-17,20H,2,18-19H2,1H3;1H/q+1;/p-1. The number of carbonyl (C=O) groups is 1. The third-order valence-electron chi connectivity index (χ3n) is 5.78. The van der Waals surface area contributed by atoms with Crippen LogP contribution in [0.25, 0.3) is 21.8 Å². The van der Waals surface area contributed by atoms with Gasteiger partial charge in [-0.2, -0.15) is 4.57 Å². The lowest BCUT2D eigenvalue weighted by Crippen LogP contribution is -3.00. The van der Waals surface area contributed by atoms with Gasteiger partial charge in [0.05, 0.1) is 6.61 Å². The summed E-state index contributed by atoms with van der Waals surface area (Å²) in [6.07, 6.45) is 2.09. The van der Waals surface area contributed by atoms with Gasteiger partial charge in [-0.3, -0.25) is 0 Å². The van der Waals surface area contributed by atoms with E-state index in [9.17, 15) is 4.79 Å². The van der Waals surface area contributed by atoms with E-state index in [2.05, 4.69) is 65.4 Å². The van der Waals surface area contributed by atoms with Crippen LogP contribution in [0.3, 0.4) is 0 Å². The minimum absolute atomic E-state index is 0. The summed E-state index contributed by atoms with van der Waals surface area (Å²) in [5.41, 5.74) is 5.18. The van der Waals surface area contributed by atoms with Crippen molar-refractivity contribution in [3.8, 4) is 0 Å². The zero-order chi connectivity index (χ0) is 21.9. The maximum Gasteiger partial charge on any atom is 0.403 e. The number of hydrogen-bond acceptors (Lipinski definition) is 2. The molecule has 2 aromatic heterocycles. The Labute approximate surface area is 210 Å². The Balaban J connectivity index is 0.00000259. The highest BCUT2D eigenvalue weighted by atomic mass is 127. The lowest BCUT2D eigenvalue weighted by atomic mass is 10.1. The molecule has 0 radical (unpaired) electrons. The van der Waals surface area contributed by atoms with Crippen LogP contribution in [0.4, 0.5) is 0 Å². The SMILES string of the molecule is CCOC(=O)c1cc2c3ccccc3n(Cc3ccccc3)c2c[n+]1Cc1ccccc1.[I-]. The molecule has 0 bridgehead atoms. The average Bonchev–Trinajstić information content (AvgIpc) is 3.13. The Kier molecular flexibility index (Phi) is 7.08. The normalized spacial score (nSPS) is 10.8. The van der Waals surface area contributed by atoms with Crippen molar-refractivity contribution in [2.24, 2.45) is 0 Å². The van der Waals surface area contributed by atoms with Crippen LogP contribution in [-0.2, 0) is 17.8 Å². The topological polar surface area (TPSA) is 35.1 Å². The molecule has 0 saturated carbocycles. The van der Waals surface area contributed by atoms with E-state index in [0.29, 0.717) is 18.8 Å². The van der Waals surface area contributed by atoms with Gasteiger partial charge in [-0.05, 0) is 18.6 Å². The number of aromatic nitrogens is 2. The number of pyridine rings is 1. The average molecular weight is 548 g/mol. The second-order valence-electron chi connectivity index (χ2n) is 7.88. The summed E-state index contributed by atoms with van der Waals surface area (Å²) in [5.74, 6) is -0.301. The molecule has 0 N–H and O–H groups in total. The molecule has 4 nitrogen and oxygen atoms in total. The van der Waals surface area contributed by atoms with Gasteiger partial charge in [-0.15, -0.1) is 0 Å². The molecule has 0 aliphatic rings. The van der Waals surface area contributed by atoms with Crippen molar-refractivity contribution >= 4 is 27.8 Å². The molecule has 0 aliphatic heterocycles. The fraction of sp³-hybridized carbons (Fsp3) is 0.143. The summed E-state index contributed by atoms with van der Waals surface area (Å²) in [7, 11) is 0. The number of carbonyl (C=O) groups excluding carboxylic acids is 1. The second kappa shape index (κ2) is 10.2. The van der Waals surface area contributed by atoms with E-state index >= 15 is 0 Å². The van der Waals surface area contributed by atoms with Crippen molar-refractivity contribution in [2.45, 2.75) is 20.0 Å². The van der Waals surface area contributed by atoms with Crippen LogP contribution < -0.4 is 28.5 Å². The smallest absolute Gasteiger partial charge is 0.403 e. The molecule has 0 fully saturated rings. The van der Waals surface area contributed by atoms with Crippen LogP contribution in [0.15, 0.2) is 97.2 Å². The molecular weight excluding hydrogens is 523 g/mol. The molecule has 33 heavy (non-hydrogen) atoms. The van der Waals surface area contributed by atoms with Gasteiger partial charge in [-0.25, -0.2) is 4.79 Å². The summed E-state index contributed by atoms with van der Waals surface area (Å²) >= 11 is 0. The lowest BCUT2D eigenvalue weighted by molar-refractivity contribution is -0.689. The molecule has 2 heterocycles. The van der Waals surface area contributed by atoms with Crippen LogP contribution in [0, 0.1) is 0 Å². The number of benzene rings is 3. The van der Waals surface area contributed by atoms with E-state index < -0.39 is 0 Å². The molecule has 0 unspecified atom stereocenters. The van der Waals surface area contributed by atoms with Gasteiger partial charge in [0.15, 0.2) is 12.7 Å². The largest absolute Gasteiger partial charge is 1.00 e. The Hall–Kier alpha value is -3.19. The first kappa shape index (κ1) is 23.0. The van der Waals surface area contributed by atoms with Gasteiger partial charge in [-0.1, -0.05) is 78.9 Å². The van der Waals surface area contributed by atoms with E-state index in [1.165, 1.54) is 5.56 Å². The fourth-order valence-electron chi connectivity index (χ4n) is 4.31. The molecule has 0 atom stereocenters. The van der Waals surface area contributed by atoms with E-state index in [1.54, 1.807) is 0 Å². The first-order valence-electron chi connectivity index (χ1n) is 10.9. The zero-order valence-electron chi connectivity index (χ0n) is 18.4. The van der Waals surface area contributed by atoms with Crippen LogP contribution in [0.1, 0.15) is 28.5 Å². The zero-order valence-corrected chi connectivity index (χ0v) is 20.6. The molecule has 3 aromatic carbocycles. The first-order chi connectivity index (χ1) is 15.7. The monoisotopic (exact) mass is 548 g/mol. The highest BCUT2D eigenvalue weighted by molar-refractivity contribution is 6.09. The molecule has 5 heteroatoms. The maximum atomic E-state index is 12.9. The molecule has 5 rings (SSSR count). The Morgan fingerprint density at radius 2 is 1.45 bits per heavy atom. The van der Waals surface area contributed by atoms with Crippen molar-refractivity contribution in [3.05, 3.63) is 114 Å². The van der Waals surface area contributed by atoms with Crippen molar-refractivity contribution < 1.29 is 38.1 Å². The fourth-order valence-corrected chi connectivity index (χ4v) is 4.31. The van der Waals surface area contributed by atoms with Gasteiger partial charge in [0.1, 0.15) is 5.52 Å². The first-order valence-corrected chi connectivity index (χ1v) is 10.9.